The van der Waals surface area contributed by atoms with E-state index in [-0.39, 0.29) is 38.6 Å². The fourth-order valence-electron chi connectivity index (χ4n) is 15.8. The molecule has 19 rings (SSSR count). The van der Waals surface area contributed by atoms with Crippen molar-refractivity contribution in [1.29, 1.82) is 0 Å². The molecule has 0 spiro atoms. The van der Waals surface area contributed by atoms with Crippen molar-refractivity contribution in [2.75, 3.05) is 198 Å². The molecule has 0 aliphatic carbocycles. The Morgan fingerprint density at radius 3 is 0.969 bits per heavy atom. The van der Waals surface area contributed by atoms with E-state index in [1.807, 2.05) is 84.9 Å². The highest BCUT2D eigenvalue weighted by molar-refractivity contribution is 8.05. The smallest absolute Gasteiger partial charge is 0.422 e. The van der Waals surface area contributed by atoms with Gasteiger partial charge in [0.1, 0.15) is 127 Å². The molecule has 12 aromatic rings. The third-order valence-corrected chi connectivity index (χ3v) is 39.6. The minimum atomic E-state index is -4.33. The molecule has 13 nitrogen and oxygen atoms in total. The molecule has 7 fully saturated rings. The predicted octanol–water partition coefficient (Wildman–Crippen LogP) is 20.9. The number of hydrogen-bond donors (Lipinski definition) is 3. The topological polar surface area (TPSA) is 153 Å². The van der Waals surface area contributed by atoms with E-state index in [4.69, 9.17) is 52.5 Å². The second-order valence-electron chi connectivity index (χ2n) is 32.9. The molecule has 7 aliphatic heterocycles. The Balaban J connectivity index is 0.000000127. The number of halogens is 3. The van der Waals surface area contributed by atoms with Crippen LogP contribution in [-0.2, 0) is 115 Å². The van der Waals surface area contributed by atoms with Gasteiger partial charge in [-0.3, -0.25) is 0 Å². The quantitative estimate of drug-likeness (QED) is 0.0699. The van der Waals surface area contributed by atoms with Gasteiger partial charge < -0.3 is 62.7 Å². The number of methoxy groups -OCH3 is 1. The molecule has 12 aromatic carbocycles. The van der Waals surface area contributed by atoms with Gasteiger partial charge in [-0.2, -0.15) is 24.9 Å². The summed E-state index contributed by atoms with van der Waals surface area (Å²) in [5, 5.41) is 40.4. The van der Waals surface area contributed by atoms with Crippen molar-refractivity contribution in [3.8, 4) is 34.5 Å². The molecular formula is C103H124F3O13S8+7. The first-order valence-corrected chi connectivity index (χ1v) is 55.9. The molecule has 0 aromatic heterocycles. The number of fused-ring (bicyclic) bond motifs is 5. The molecule has 7 heterocycles. The van der Waals surface area contributed by atoms with Crippen LogP contribution in [0.3, 0.4) is 0 Å². The third-order valence-electron chi connectivity index (χ3n) is 22.0. The van der Waals surface area contributed by atoms with Gasteiger partial charge in [-0.1, -0.05) is 118 Å². The molecule has 3 N–H and O–H groups in total. The third kappa shape index (κ3) is 28.5. The summed E-state index contributed by atoms with van der Waals surface area (Å²) in [5.74, 6) is 21.8. The Labute approximate surface area is 773 Å². The van der Waals surface area contributed by atoms with Gasteiger partial charge in [-0.15, -0.1) is 0 Å². The highest BCUT2D eigenvalue weighted by Crippen LogP contribution is 2.40. The van der Waals surface area contributed by atoms with Crippen LogP contribution < -0.4 is 14.2 Å². The zero-order chi connectivity index (χ0) is 89.0. The van der Waals surface area contributed by atoms with Crippen molar-refractivity contribution in [2.45, 2.75) is 93.0 Å². The summed E-state index contributed by atoms with van der Waals surface area (Å²) in [5.41, 5.74) is 1.52. The zero-order valence-electron chi connectivity index (χ0n) is 74.2. The summed E-state index contributed by atoms with van der Waals surface area (Å²) < 4.78 is 91.3. The van der Waals surface area contributed by atoms with E-state index >= 15 is 0 Å². The summed E-state index contributed by atoms with van der Waals surface area (Å²) in [6, 6.07) is 77.9. The Kier molecular flexibility index (Phi) is 37.6. The van der Waals surface area contributed by atoms with Crippen LogP contribution in [-0.4, -0.2) is 225 Å². The predicted molar refractivity (Wildman–Crippen MR) is 535 cm³/mol. The number of hydrogen-bond acceptors (Lipinski definition) is 14. The Morgan fingerprint density at radius 2 is 0.614 bits per heavy atom. The first-order valence-electron chi connectivity index (χ1n) is 43.8. The van der Waals surface area contributed by atoms with Crippen molar-refractivity contribution >= 4 is 142 Å². The molecule has 0 atom stereocenters. The van der Waals surface area contributed by atoms with E-state index in [9.17, 15) is 23.4 Å². The highest BCUT2D eigenvalue weighted by Gasteiger charge is 2.36. The Morgan fingerprint density at radius 1 is 0.315 bits per heavy atom. The summed E-state index contributed by atoms with van der Waals surface area (Å²) in [6.07, 6.45) is -4.33. The molecule has 0 unspecified atom stereocenters. The first kappa shape index (κ1) is 97.6. The molecule has 0 amide bonds. The number of phenolic OH excluding ortho intramolecular Hbond substituents is 3. The van der Waals surface area contributed by atoms with E-state index < -0.39 is 12.8 Å². The van der Waals surface area contributed by atoms with Crippen molar-refractivity contribution in [2.24, 2.45) is 0 Å². The van der Waals surface area contributed by atoms with Gasteiger partial charge in [0.25, 0.3) is 0 Å². The molecule has 24 heteroatoms. The van der Waals surface area contributed by atoms with E-state index in [1.54, 1.807) is 25.3 Å². The normalized spacial score (nSPS) is 17.4. The van der Waals surface area contributed by atoms with Crippen LogP contribution in [0.1, 0.15) is 47.1 Å². The van der Waals surface area contributed by atoms with Gasteiger partial charge in [-0.25, -0.2) is 0 Å². The van der Waals surface area contributed by atoms with Crippen LogP contribution in [0.2, 0.25) is 0 Å². The van der Waals surface area contributed by atoms with Gasteiger partial charge in [0.2, 0.25) is 0 Å². The molecule has 7 aliphatic rings. The average molecular weight is 1880 g/mol. The number of phenols is 3. The number of aromatic hydroxyl groups is 3. The number of rotatable bonds is 14. The number of benzene rings is 12. The van der Waals surface area contributed by atoms with Crippen molar-refractivity contribution in [3.63, 3.8) is 0 Å². The lowest BCUT2D eigenvalue weighted by atomic mass is 9.84. The summed E-state index contributed by atoms with van der Waals surface area (Å²) in [7, 11) is 3.81. The fraction of sp³-hybridized carbons (Fsp3) is 0.398. The fourth-order valence-corrected chi connectivity index (χ4v) is 31.7. The standard InChI is InChI=1S/C18H23OS.C17H21O3S.C16H16F3O2S.C14H14O2S.C14H21O2S.C14H14OS2.C10H12O2S/c1-18(2,3)16-8-9-17(20-12-10-19-11-13-20)15-7-5-4-6-14(15)16;1-18-8-9-20-16-6-7-17(21-12-10-19-11-13-21)15-5-3-2-4-14(15)16;17-16(18,19)11-21-14-5-6-15(22-9-7-20-8-10-22)13-4-2-1-3-12(13)14;15-13-5-6-14(17-9-7-16-8-10-17)12-4-2-1-3-11(12)13;1-14(2,3)16-12-4-6-13(7-5-12)17-10-8-15-9-11-17;15-13-5-6-14(17-9-7-16-8-10-17)12-4-2-1-3-11(12)13;11-9-1-3-10(4-2-9)13-7-5-12-6-8-13/h4-9H,10-13H2,1-3H3;2-7H,8-13H2,1H3;1-6H,7-11H2;1-6H,7-10H2;4-7H,8-11H2,1-3H3;1-6H,7-10H2;1-4H,5-8H2/q3*+1;;+1;;/p+3. The first-order chi connectivity index (χ1) is 61.6. The highest BCUT2D eigenvalue weighted by atomic mass is 32.2. The van der Waals surface area contributed by atoms with Crippen LogP contribution >= 0.6 is 11.8 Å². The van der Waals surface area contributed by atoms with Crippen molar-refractivity contribution in [1.82, 2.24) is 0 Å². The van der Waals surface area contributed by atoms with E-state index in [0.29, 0.717) is 84.9 Å². The maximum Gasteiger partial charge on any atom is 0.422 e. The molecule has 0 bridgehead atoms. The van der Waals surface area contributed by atoms with Crippen molar-refractivity contribution in [3.05, 3.63) is 236 Å². The minimum Gasteiger partial charge on any atom is -0.508 e. The molecular weight excluding hydrogens is 1760 g/mol. The monoisotopic (exact) mass is 1880 g/mol. The van der Waals surface area contributed by atoms with Gasteiger partial charge in [-0.05, 0) is 171 Å². The lowest BCUT2D eigenvalue weighted by Gasteiger charge is -2.23. The van der Waals surface area contributed by atoms with E-state index in [2.05, 4.69) is 181 Å². The zero-order valence-corrected chi connectivity index (χ0v) is 80.7. The van der Waals surface area contributed by atoms with Gasteiger partial charge in [0.05, 0.1) is 85.9 Å². The SMILES string of the molecule is CC(C)(C)Oc1ccc([S+]2CCOCC2)cc1.CC(C)(C)c1ccc([S+]2CCOCC2)c2ccccc12.COCCOc1ccc([S+]2CCOCC2)c2ccccc12.FC(F)(F)COc1ccc([S+]2CCOCC2)c2ccccc12.Oc1ccc([S+]2CCOCC2)c2ccccc12.Oc1ccc([S+]2CCOCC2)cc1.Oc1ccc([S+]2CCSCC2)c2ccccc12. The average Bonchev–Trinajstić information content (AvgIpc) is 0.771. The number of thioether (sulfide) groups is 1. The lowest BCUT2D eigenvalue weighted by Crippen LogP contribution is -2.26. The molecule has 0 saturated carbocycles. The Hall–Kier alpha value is -6.95. The molecule has 0 radical (unpaired) electrons. The van der Waals surface area contributed by atoms with Crippen LogP contribution in [0.15, 0.2) is 265 Å². The lowest BCUT2D eigenvalue weighted by molar-refractivity contribution is -0.153. The van der Waals surface area contributed by atoms with E-state index in [0.717, 1.165) is 158 Å². The van der Waals surface area contributed by atoms with Crippen LogP contribution in [0.5, 0.6) is 34.5 Å². The number of alkyl halides is 3. The van der Waals surface area contributed by atoms with Crippen molar-refractivity contribution < 1.29 is 75.9 Å². The molecule has 676 valence electrons. The molecule has 7 saturated heterocycles. The van der Waals surface area contributed by atoms with Crippen LogP contribution in [0.25, 0.3) is 53.9 Å². The summed E-state index contributed by atoms with van der Waals surface area (Å²) in [6.45, 7) is 23.4. The van der Waals surface area contributed by atoms with Gasteiger partial charge in [0.15, 0.2) is 40.9 Å². The Bertz CT molecular complexity index is 5290. The van der Waals surface area contributed by atoms with Gasteiger partial charge in [0, 0.05) is 143 Å². The second-order valence-corrected chi connectivity index (χ2v) is 49.9. The van der Waals surface area contributed by atoms with Crippen LogP contribution in [0.4, 0.5) is 13.2 Å². The van der Waals surface area contributed by atoms with E-state index in [1.165, 1.54) is 118 Å². The summed E-state index contributed by atoms with van der Waals surface area (Å²) >= 11 is 2.06. The second kappa shape index (κ2) is 49.0. The van der Waals surface area contributed by atoms with Crippen LogP contribution in [0, 0.1) is 0 Å². The number of ether oxygens (including phenoxy) is 10. The molecule has 127 heavy (non-hydrogen) atoms. The maximum absolute atomic E-state index is 12.4. The largest absolute Gasteiger partial charge is 0.508 e. The van der Waals surface area contributed by atoms with Gasteiger partial charge >= 0.3 is 6.18 Å². The summed E-state index contributed by atoms with van der Waals surface area (Å²) in [4.78, 5) is 9.79. The minimum absolute atomic E-state index is 0.0853. The maximum atomic E-state index is 12.4.